The van der Waals surface area contributed by atoms with Gasteiger partial charge in [0.1, 0.15) is 5.82 Å². The van der Waals surface area contributed by atoms with E-state index in [1.807, 2.05) is 0 Å². The number of carboxylic acid groups (broad SMARTS) is 1. The summed E-state index contributed by atoms with van der Waals surface area (Å²) < 4.78 is 25.8. The molecule has 1 aromatic carbocycles. The van der Waals surface area contributed by atoms with Crippen LogP contribution >= 0.6 is 0 Å². The van der Waals surface area contributed by atoms with Crippen molar-refractivity contribution in [1.82, 2.24) is 0 Å². The summed E-state index contributed by atoms with van der Waals surface area (Å²) in [6.45, 7) is 0. The number of rotatable bonds is 3. The standard InChI is InChI=1S/C12H11F2NO2/c13-9-4-1-8(2-5-9)3-6-10(14)11(15)7-12(16)17/h1-2,4-5,10-11H,7,15H2,(H,16,17)/t10-,11+/m0/s1. The smallest absolute Gasteiger partial charge is 0.305 e. The zero-order valence-corrected chi connectivity index (χ0v) is 8.86. The molecule has 0 radical (unpaired) electrons. The lowest BCUT2D eigenvalue weighted by Crippen LogP contribution is -2.33. The van der Waals surface area contributed by atoms with Crippen molar-refractivity contribution < 1.29 is 18.7 Å². The van der Waals surface area contributed by atoms with Gasteiger partial charge in [0.25, 0.3) is 0 Å². The molecule has 2 atom stereocenters. The van der Waals surface area contributed by atoms with Crippen LogP contribution in [0.25, 0.3) is 0 Å². The van der Waals surface area contributed by atoms with Gasteiger partial charge in [-0.05, 0) is 24.3 Å². The van der Waals surface area contributed by atoms with E-state index in [0.29, 0.717) is 5.56 Å². The second kappa shape index (κ2) is 5.97. The summed E-state index contributed by atoms with van der Waals surface area (Å²) >= 11 is 0. The lowest BCUT2D eigenvalue weighted by molar-refractivity contribution is -0.137. The van der Waals surface area contributed by atoms with Gasteiger partial charge in [0.05, 0.1) is 12.5 Å². The summed E-state index contributed by atoms with van der Waals surface area (Å²) in [6.07, 6.45) is -2.21. The van der Waals surface area contributed by atoms with Gasteiger partial charge in [-0.2, -0.15) is 0 Å². The Balaban J connectivity index is 2.65. The lowest BCUT2D eigenvalue weighted by Gasteiger charge is -2.08. The highest BCUT2D eigenvalue weighted by Crippen LogP contribution is 2.03. The highest BCUT2D eigenvalue weighted by Gasteiger charge is 2.17. The fourth-order valence-corrected chi connectivity index (χ4v) is 1.10. The molecule has 0 aliphatic heterocycles. The van der Waals surface area contributed by atoms with E-state index in [-0.39, 0.29) is 0 Å². The van der Waals surface area contributed by atoms with Crippen LogP contribution in [0, 0.1) is 17.7 Å². The van der Waals surface area contributed by atoms with Gasteiger partial charge in [0.2, 0.25) is 0 Å². The molecule has 90 valence electrons. The Bertz CT molecular complexity index is 448. The van der Waals surface area contributed by atoms with Crippen molar-refractivity contribution in [3.63, 3.8) is 0 Å². The van der Waals surface area contributed by atoms with Crippen LogP contribution in [-0.4, -0.2) is 23.3 Å². The van der Waals surface area contributed by atoms with Gasteiger partial charge < -0.3 is 10.8 Å². The molecule has 0 saturated carbocycles. The first kappa shape index (κ1) is 13.1. The molecule has 0 amide bonds. The fraction of sp³-hybridized carbons (Fsp3) is 0.250. The van der Waals surface area contributed by atoms with Crippen LogP contribution in [0.2, 0.25) is 0 Å². The molecule has 0 spiro atoms. The minimum Gasteiger partial charge on any atom is -0.481 e. The number of carbonyl (C=O) groups is 1. The molecule has 0 aliphatic rings. The first-order valence-corrected chi connectivity index (χ1v) is 4.87. The van der Waals surface area contributed by atoms with E-state index in [9.17, 15) is 13.6 Å². The van der Waals surface area contributed by atoms with Crippen LogP contribution in [-0.2, 0) is 4.79 Å². The molecule has 0 saturated heterocycles. The monoisotopic (exact) mass is 239 g/mol. The summed E-state index contributed by atoms with van der Waals surface area (Å²) in [5.74, 6) is 3.07. The maximum atomic E-state index is 13.3. The number of nitrogens with two attached hydrogens (primary N) is 1. The third-order valence-electron chi connectivity index (χ3n) is 1.98. The normalized spacial score (nSPS) is 13.4. The Labute approximate surface area is 97.2 Å². The molecule has 3 nitrogen and oxygen atoms in total. The summed E-state index contributed by atoms with van der Waals surface area (Å²) in [7, 11) is 0. The molecular weight excluding hydrogens is 228 g/mol. The minimum atomic E-state index is -1.73. The Morgan fingerprint density at radius 3 is 2.53 bits per heavy atom. The van der Waals surface area contributed by atoms with Crippen molar-refractivity contribution in [1.29, 1.82) is 0 Å². The first-order chi connectivity index (χ1) is 7.99. The first-order valence-electron chi connectivity index (χ1n) is 4.87. The predicted molar refractivity (Wildman–Crippen MR) is 58.4 cm³/mol. The van der Waals surface area contributed by atoms with Gasteiger partial charge in [-0.15, -0.1) is 0 Å². The number of aliphatic carboxylic acids is 1. The minimum absolute atomic E-state index is 0.407. The Morgan fingerprint density at radius 1 is 1.41 bits per heavy atom. The molecule has 5 heteroatoms. The Kier molecular flexibility index (Phi) is 4.61. The number of benzene rings is 1. The van der Waals surface area contributed by atoms with Crippen LogP contribution in [0.15, 0.2) is 24.3 Å². The Hall–Kier alpha value is -1.93. The average Bonchev–Trinajstić information content (AvgIpc) is 2.27. The fourth-order valence-electron chi connectivity index (χ4n) is 1.10. The van der Waals surface area contributed by atoms with E-state index < -0.39 is 30.4 Å². The summed E-state index contributed by atoms with van der Waals surface area (Å²) in [6, 6.07) is 4.04. The van der Waals surface area contributed by atoms with Crippen molar-refractivity contribution in [3.8, 4) is 11.8 Å². The van der Waals surface area contributed by atoms with Crippen molar-refractivity contribution in [2.75, 3.05) is 0 Å². The van der Waals surface area contributed by atoms with Gasteiger partial charge in [0, 0.05) is 5.56 Å². The van der Waals surface area contributed by atoms with E-state index >= 15 is 0 Å². The molecule has 0 heterocycles. The highest BCUT2D eigenvalue weighted by molar-refractivity contribution is 5.67. The zero-order chi connectivity index (χ0) is 12.8. The second-order valence-electron chi connectivity index (χ2n) is 3.44. The summed E-state index contributed by atoms with van der Waals surface area (Å²) in [5, 5.41) is 8.41. The van der Waals surface area contributed by atoms with Gasteiger partial charge in [-0.25, -0.2) is 8.78 Å². The lowest BCUT2D eigenvalue weighted by atomic mass is 10.1. The maximum absolute atomic E-state index is 13.3. The average molecular weight is 239 g/mol. The summed E-state index contributed by atoms with van der Waals surface area (Å²) in [5.41, 5.74) is 5.73. The molecule has 1 rings (SSSR count). The molecule has 17 heavy (non-hydrogen) atoms. The molecule has 0 aliphatic carbocycles. The highest BCUT2D eigenvalue weighted by atomic mass is 19.1. The van der Waals surface area contributed by atoms with E-state index in [1.54, 1.807) is 0 Å². The number of halogens is 2. The topological polar surface area (TPSA) is 63.3 Å². The van der Waals surface area contributed by atoms with Gasteiger partial charge >= 0.3 is 5.97 Å². The quantitative estimate of drug-likeness (QED) is 0.782. The van der Waals surface area contributed by atoms with Crippen molar-refractivity contribution >= 4 is 5.97 Å². The molecule has 0 fully saturated rings. The number of hydrogen-bond donors (Lipinski definition) is 2. The van der Waals surface area contributed by atoms with Crippen LogP contribution in [0.5, 0.6) is 0 Å². The van der Waals surface area contributed by atoms with Gasteiger partial charge in [-0.3, -0.25) is 4.79 Å². The van der Waals surface area contributed by atoms with Crippen molar-refractivity contribution in [3.05, 3.63) is 35.6 Å². The second-order valence-corrected chi connectivity index (χ2v) is 3.44. The molecular formula is C12H11F2NO2. The van der Waals surface area contributed by atoms with E-state index in [1.165, 1.54) is 24.3 Å². The van der Waals surface area contributed by atoms with Crippen LogP contribution < -0.4 is 5.73 Å². The van der Waals surface area contributed by atoms with E-state index in [0.717, 1.165) is 0 Å². The van der Waals surface area contributed by atoms with E-state index in [4.69, 9.17) is 10.8 Å². The molecule has 0 aromatic heterocycles. The van der Waals surface area contributed by atoms with Crippen LogP contribution in [0.4, 0.5) is 8.78 Å². The molecule has 0 bridgehead atoms. The maximum Gasteiger partial charge on any atom is 0.305 e. The number of hydrogen-bond acceptors (Lipinski definition) is 2. The number of carboxylic acids is 1. The van der Waals surface area contributed by atoms with Gasteiger partial charge in [0.15, 0.2) is 6.17 Å². The van der Waals surface area contributed by atoms with Crippen molar-refractivity contribution in [2.24, 2.45) is 5.73 Å². The SMILES string of the molecule is N[C@H](CC(=O)O)[C@@H](F)C#Cc1ccc(F)cc1. The molecule has 3 N–H and O–H groups in total. The zero-order valence-electron chi connectivity index (χ0n) is 8.86. The predicted octanol–water partition coefficient (Wildman–Crippen LogP) is 1.32. The van der Waals surface area contributed by atoms with Crippen molar-refractivity contribution in [2.45, 2.75) is 18.6 Å². The van der Waals surface area contributed by atoms with Crippen LogP contribution in [0.1, 0.15) is 12.0 Å². The molecule has 0 unspecified atom stereocenters. The third-order valence-corrected chi connectivity index (χ3v) is 1.98. The third kappa shape index (κ3) is 4.62. The van der Waals surface area contributed by atoms with Gasteiger partial charge in [-0.1, -0.05) is 11.8 Å². The number of alkyl halides is 1. The van der Waals surface area contributed by atoms with E-state index in [2.05, 4.69) is 11.8 Å². The molecule has 1 aromatic rings. The summed E-state index contributed by atoms with van der Waals surface area (Å²) in [4.78, 5) is 10.3. The largest absolute Gasteiger partial charge is 0.481 e. The van der Waals surface area contributed by atoms with Crippen LogP contribution in [0.3, 0.4) is 0 Å². The Morgan fingerprint density at radius 2 is 2.00 bits per heavy atom.